The molecule has 0 aliphatic rings. The maximum Gasteiger partial charge on any atom is 0.300 e. The van der Waals surface area contributed by atoms with Gasteiger partial charge in [-0.05, 0) is 12.1 Å². The van der Waals surface area contributed by atoms with Crippen molar-refractivity contribution >= 4 is 11.6 Å². The van der Waals surface area contributed by atoms with Crippen molar-refractivity contribution in [2.24, 2.45) is 0 Å². The molecule has 0 saturated carbocycles. The molecule has 0 aliphatic carbocycles. The number of hydrogen-bond acceptors (Lipinski definition) is 2. The molecular weight excluding hydrogens is 242 g/mol. The molecule has 1 aromatic heterocycles. The van der Waals surface area contributed by atoms with Gasteiger partial charge in [-0.2, -0.15) is 0 Å². The van der Waals surface area contributed by atoms with Gasteiger partial charge in [0, 0.05) is 12.6 Å². The SMILES string of the molecule is C=CCn1c[n+]([O-])c(C(=O)Nc2ccccc2)c1C. The first-order chi connectivity index (χ1) is 9.13. The summed E-state index contributed by atoms with van der Waals surface area (Å²) in [5.74, 6) is -0.415. The minimum absolute atomic E-state index is 0.103. The highest BCUT2D eigenvalue weighted by molar-refractivity contribution is 6.02. The van der Waals surface area contributed by atoms with Crippen LogP contribution in [-0.2, 0) is 6.54 Å². The second-order valence-electron chi connectivity index (χ2n) is 4.14. The third-order valence-corrected chi connectivity index (χ3v) is 2.81. The number of amides is 1. The van der Waals surface area contributed by atoms with Crippen LogP contribution in [0.5, 0.6) is 0 Å². The molecule has 5 nitrogen and oxygen atoms in total. The molecule has 0 unspecified atom stereocenters. The average molecular weight is 257 g/mol. The van der Waals surface area contributed by atoms with Crippen LogP contribution < -0.4 is 10.0 Å². The molecule has 1 aromatic carbocycles. The number of aromatic nitrogens is 2. The molecule has 0 bridgehead atoms. The highest BCUT2D eigenvalue weighted by Gasteiger charge is 2.22. The van der Waals surface area contributed by atoms with Crippen molar-refractivity contribution in [3.63, 3.8) is 0 Å². The Kier molecular flexibility index (Phi) is 3.66. The Bertz CT molecular complexity index is 603. The first-order valence-corrected chi connectivity index (χ1v) is 5.89. The van der Waals surface area contributed by atoms with E-state index in [-0.39, 0.29) is 5.69 Å². The lowest BCUT2D eigenvalue weighted by Gasteiger charge is -2.05. The van der Waals surface area contributed by atoms with Gasteiger partial charge < -0.3 is 10.5 Å². The molecule has 0 saturated heterocycles. The minimum atomic E-state index is -0.415. The first kappa shape index (κ1) is 12.9. The molecule has 0 fully saturated rings. The van der Waals surface area contributed by atoms with E-state index < -0.39 is 5.91 Å². The van der Waals surface area contributed by atoms with Gasteiger partial charge in [-0.1, -0.05) is 30.9 Å². The monoisotopic (exact) mass is 257 g/mol. The molecule has 1 heterocycles. The Labute approximate surface area is 111 Å². The number of imidazole rings is 1. The molecule has 5 heteroatoms. The van der Waals surface area contributed by atoms with Crippen LogP contribution in [0.3, 0.4) is 0 Å². The summed E-state index contributed by atoms with van der Waals surface area (Å²) in [6.07, 6.45) is 3.02. The highest BCUT2D eigenvalue weighted by Crippen LogP contribution is 2.10. The predicted molar refractivity (Wildman–Crippen MR) is 72.7 cm³/mol. The molecule has 0 aliphatic heterocycles. The standard InChI is InChI=1S/C14H15N3O2/c1-3-9-16-10-17(19)13(11(16)2)14(18)15-12-7-5-4-6-8-12/h3-8,10H,1,9H2,2H3,(H,15,18). The first-order valence-electron chi connectivity index (χ1n) is 5.89. The Morgan fingerprint density at radius 1 is 1.47 bits per heavy atom. The second kappa shape index (κ2) is 5.39. The molecule has 1 amide bonds. The fourth-order valence-electron chi connectivity index (χ4n) is 1.87. The normalized spacial score (nSPS) is 10.2. The fraction of sp³-hybridized carbons (Fsp3) is 0.143. The molecule has 0 radical (unpaired) electrons. The fourth-order valence-corrected chi connectivity index (χ4v) is 1.87. The van der Waals surface area contributed by atoms with E-state index in [1.165, 1.54) is 6.33 Å². The quantitative estimate of drug-likeness (QED) is 0.516. The molecule has 2 aromatic rings. The third-order valence-electron chi connectivity index (χ3n) is 2.81. The van der Waals surface area contributed by atoms with Gasteiger partial charge in [-0.15, -0.1) is 0 Å². The summed E-state index contributed by atoms with van der Waals surface area (Å²) in [5, 5.41) is 14.5. The Morgan fingerprint density at radius 2 is 2.16 bits per heavy atom. The molecule has 19 heavy (non-hydrogen) atoms. The number of para-hydroxylation sites is 1. The van der Waals surface area contributed by atoms with Crippen molar-refractivity contribution in [3.05, 3.63) is 65.9 Å². The number of nitrogens with one attached hydrogen (secondary N) is 1. The highest BCUT2D eigenvalue weighted by atomic mass is 16.5. The van der Waals surface area contributed by atoms with E-state index in [2.05, 4.69) is 11.9 Å². The van der Waals surface area contributed by atoms with Crippen LogP contribution in [0, 0.1) is 12.1 Å². The maximum atomic E-state index is 12.1. The lowest BCUT2D eigenvalue weighted by molar-refractivity contribution is -0.607. The van der Waals surface area contributed by atoms with Crippen molar-refractivity contribution in [1.82, 2.24) is 4.57 Å². The number of anilines is 1. The number of benzene rings is 1. The van der Waals surface area contributed by atoms with Crippen LogP contribution >= 0.6 is 0 Å². The van der Waals surface area contributed by atoms with Gasteiger partial charge in [0.1, 0.15) is 6.54 Å². The number of rotatable bonds is 4. The molecule has 1 N–H and O–H groups in total. The van der Waals surface area contributed by atoms with E-state index in [1.807, 2.05) is 18.2 Å². The number of allylic oxidation sites excluding steroid dienone is 1. The van der Waals surface area contributed by atoms with E-state index in [0.717, 1.165) is 0 Å². The van der Waals surface area contributed by atoms with E-state index in [9.17, 15) is 10.0 Å². The van der Waals surface area contributed by atoms with Gasteiger partial charge in [-0.3, -0.25) is 4.79 Å². The van der Waals surface area contributed by atoms with Gasteiger partial charge in [0.25, 0.3) is 5.91 Å². The van der Waals surface area contributed by atoms with Gasteiger partial charge in [0.2, 0.25) is 12.0 Å². The Balaban J connectivity index is 2.26. The van der Waals surface area contributed by atoms with E-state index in [4.69, 9.17) is 0 Å². The van der Waals surface area contributed by atoms with Crippen LogP contribution in [0.4, 0.5) is 5.69 Å². The van der Waals surface area contributed by atoms with Crippen molar-refractivity contribution in [1.29, 1.82) is 0 Å². The number of carbonyl (C=O) groups excluding carboxylic acids is 1. The van der Waals surface area contributed by atoms with Crippen LogP contribution in [0.25, 0.3) is 0 Å². The third kappa shape index (κ3) is 2.65. The summed E-state index contributed by atoms with van der Waals surface area (Å²) >= 11 is 0. The molecule has 0 spiro atoms. The molecule has 2 rings (SSSR count). The van der Waals surface area contributed by atoms with E-state index in [1.54, 1.807) is 29.7 Å². The van der Waals surface area contributed by atoms with Crippen LogP contribution in [-0.4, -0.2) is 10.5 Å². The predicted octanol–water partition coefficient (Wildman–Crippen LogP) is 1.87. The largest absolute Gasteiger partial charge is 0.710 e. The van der Waals surface area contributed by atoms with Crippen molar-refractivity contribution in [2.75, 3.05) is 5.32 Å². The van der Waals surface area contributed by atoms with Gasteiger partial charge in [-0.25, -0.2) is 9.30 Å². The zero-order chi connectivity index (χ0) is 13.8. The number of nitrogens with zero attached hydrogens (tertiary/aromatic N) is 2. The Morgan fingerprint density at radius 3 is 2.79 bits per heavy atom. The molecule has 98 valence electrons. The summed E-state index contributed by atoms with van der Waals surface area (Å²) in [7, 11) is 0. The summed E-state index contributed by atoms with van der Waals surface area (Å²) in [6, 6.07) is 9.02. The minimum Gasteiger partial charge on any atom is -0.710 e. The average Bonchev–Trinajstić information content (AvgIpc) is 2.66. The van der Waals surface area contributed by atoms with Gasteiger partial charge in [0.05, 0.1) is 0 Å². The summed E-state index contributed by atoms with van der Waals surface area (Å²) in [6.45, 7) is 5.84. The van der Waals surface area contributed by atoms with Crippen molar-refractivity contribution < 1.29 is 9.52 Å². The second-order valence-corrected chi connectivity index (χ2v) is 4.14. The number of hydrogen-bond donors (Lipinski definition) is 1. The van der Waals surface area contributed by atoms with E-state index >= 15 is 0 Å². The van der Waals surface area contributed by atoms with Crippen LogP contribution in [0.15, 0.2) is 49.3 Å². The molecule has 0 atom stereocenters. The lowest BCUT2D eigenvalue weighted by atomic mass is 10.3. The van der Waals surface area contributed by atoms with Gasteiger partial charge >= 0.3 is 0 Å². The van der Waals surface area contributed by atoms with Crippen LogP contribution in [0.1, 0.15) is 16.2 Å². The Hall–Kier alpha value is -2.56. The van der Waals surface area contributed by atoms with Crippen molar-refractivity contribution in [3.8, 4) is 0 Å². The molecular formula is C14H15N3O2. The zero-order valence-corrected chi connectivity index (χ0v) is 10.7. The summed E-state index contributed by atoms with van der Waals surface area (Å²) in [4.78, 5) is 12.1. The van der Waals surface area contributed by atoms with Gasteiger partial charge in [0.15, 0.2) is 5.69 Å². The lowest BCUT2D eigenvalue weighted by Crippen LogP contribution is -2.34. The van der Waals surface area contributed by atoms with E-state index in [0.29, 0.717) is 22.7 Å². The van der Waals surface area contributed by atoms with Crippen molar-refractivity contribution in [2.45, 2.75) is 13.5 Å². The zero-order valence-electron chi connectivity index (χ0n) is 10.7. The summed E-state index contributed by atoms with van der Waals surface area (Å²) in [5.41, 5.74) is 1.37. The maximum absolute atomic E-state index is 12.1. The van der Waals surface area contributed by atoms with Crippen LogP contribution in [0.2, 0.25) is 0 Å². The number of carbonyl (C=O) groups is 1. The summed E-state index contributed by atoms with van der Waals surface area (Å²) < 4.78 is 2.26. The topological polar surface area (TPSA) is 61.0 Å². The smallest absolute Gasteiger partial charge is 0.300 e.